The van der Waals surface area contributed by atoms with Crippen LogP contribution in [0.1, 0.15) is 56.7 Å². The van der Waals surface area contributed by atoms with Crippen LogP contribution in [-0.4, -0.2) is 87.5 Å². The van der Waals surface area contributed by atoms with Gasteiger partial charge in [-0.05, 0) is 79.4 Å². The molecule has 13 heteroatoms. The number of likely N-dealkylation sites (tertiary alicyclic amines) is 1. The highest BCUT2D eigenvalue weighted by Gasteiger charge is 2.47. The van der Waals surface area contributed by atoms with Crippen LogP contribution in [0.4, 0.5) is 9.18 Å². The summed E-state index contributed by atoms with van der Waals surface area (Å²) in [6, 6.07) is 15.0. The number of methoxy groups -OCH3 is 1. The van der Waals surface area contributed by atoms with Crippen molar-refractivity contribution in [2.75, 3.05) is 33.8 Å². The van der Waals surface area contributed by atoms with E-state index in [2.05, 4.69) is 30.3 Å². The Labute approximate surface area is 295 Å². The van der Waals surface area contributed by atoms with E-state index in [1.165, 1.54) is 13.2 Å². The molecule has 2 fully saturated rings. The van der Waals surface area contributed by atoms with Crippen molar-refractivity contribution < 1.29 is 23.5 Å². The largest absolute Gasteiger partial charge is 0.453 e. The molecule has 2 bridgehead atoms. The van der Waals surface area contributed by atoms with Gasteiger partial charge in [0, 0.05) is 23.5 Å². The number of nitrogens with zero attached hydrogens (tertiary/aromatic N) is 4. The minimum Gasteiger partial charge on any atom is -0.453 e. The maximum Gasteiger partial charge on any atom is 0.407 e. The van der Waals surface area contributed by atoms with E-state index in [1.807, 2.05) is 48.2 Å². The van der Waals surface area contributed by atoms with Crippen molar-refractivity contribution in [2.24, 2.45) is 5.92 Å². The van der Waals surface area contributed by atoms with E-state index in [4.69, 9.17) is 4.98 Å². The van der Waals surface area contributed by atoms with Gasteiger partial charge in [-0.15, -0.1) is 0 Å². The van der Waals surface area contributed by atoms with Crippen molar-refractivity contribution in [3.63, 3.8) is 0 Å². The van der Waals surface area contributed by atoms with E-state index in [0.29, 0.717) is 30.2 Å². The fourth-order valence-electron chi connectivity index (χ4n) is 7.87. The fraction of sp³-hybridized carbons (Fsp3) is 0.395. The predicted molar refractivity (Wildman–Crippen MR) is 192 cm³/mol. The Balaban J connectivity index is 1.11. The molecule has 0 radical (unpaired) electrons. The van der Waals surface area contributed by atoms with Crippen molar-refractivity contribution in [1.29, 1.82) is 0 Å². The zero-order chi connectivity index (χ0) is 35.6. The number of rotatable bonds is 11. The molecular weight excluding hydrogens is 651 g/mol. The molecule has 1 aliphatic heterocycles. The van der Waals surface area contributed by atoms with Gasteiger partial charge >= 0.3 is 6.09 Å². The van der Waals surface area contributed by atoms with Crippen molar-refractivity contribution >= 4 is 39.7 Å². The van der Waals surface area contributed by atoms with Crippen LogP contribution < -0.4 is 10.6 Å². The second kappa shape index (κ2) is 14.5. The maximum absolute atomic E-state index is 15.8. The standard InChI is InChI=1S/C38H43FN8O4/c1-4-14-46(33(48)19-40-2)21-32-43-30-13-10-24-15-22(8-11-27(24)35(30)45-32)23-9-12-28(29(39)17-23)31-18-41-37(44-31)36-25-6-5-7-26(16-25)47(36)34(49)20-42-38(50)51-3/h8-13,15,17-18,25-26,36,40H,4-7,14,16,19-21H2,1-3H3,(H,41,44)(H,42,50)(H,43,45)/t25-,26+,36-/m0/s1. The lowest BCUT2D eigenvalue weighted by atomic mass is 9.87. The normalized spacial score (nSPS) is 18.4. The lowest BCUT2D eigenvalue weighted by Gasteiger charge is -2.29. The number of carbonyl (C=O) groups is 3. The number of halogens is 1. The minimum absolute atomic E-state index is 0.0292. The van der Waals surface area contributed by atoms with E-state index in [-0.39, 0.29) is 48.7 Å². The van der Waals surface area contributed by atoms with Gasteiger partial charge in [0.05, 0.1) is 49.2 Å². The number of aromatic amines is 2. The van der Waals surface area contributed by atoms with E-state index >= 15 is 4.39 Å². The summed E-state index contributed by atoms with van der Waals surface area (Å²) in [5, 5.41) is 7.37. The van der Waals surface area contributed by atoms with Gasteiger partial charge in [0.1, 0.15) is 24.0 Å². The van der Waals surface area contributed by atoms with Gasteiger partial charge in [-0.3, -0.25) is 9.59 Å². The smallest absolute Gasteiger partial charge is 0.407 e. The third kappa shape index (κ3) is 6.77. The first-order valence-electron chi connectivity index (χ1n) is 17.6. The van der Waals surface area contributed by atoms with Gasteiger partial charge in [-0.2, -0.15) is 0 Å². The second-order valence-corrected chi connectivity index (χ2v) is 13.5. The number of nitrogens with one attached hydrogen (secondary N) is 4. The molecule has 4 N–H and O–H groups in total. The summed E-state index contributed by atoms with van der Waals surface area (Å²) in [4.78, 5) is 57.4. The topological polar surface area (TPSA) is 148 Å². The molecule has 3 atom stereocenters. The Morgan fingerprint density at radius 3 is 2.67 bits per heavy atom. The summed E-state index contributed by atoms with van der Waals surface area (Å²) in [7, 11) is 3.02. The molecule has 2 aliphatic rings. The molecule has 0 unspecified atom stereocenters. The molecular formula is C38H43FN8O4. The molecule has 12 nitrogen and oxygen atoms in total. The molecule has 3 amide bonds. The summed E-state index contributed by atoms with van der Waals surface area (Å²) in [6.45, 7) is 3.22. The molecule has 51 heavy (non-hydrogen) atoms. The summed E-state index contributed by atoms with van der Waals surface area (Å²) < 4.78 is 20.5. The van der Waals surface area contributed by atoms with Crippen LogP contribution in [0.2, 0.25) is 0 Å². The summed E-state index contributed by atoms with van der Waals surface area (Å²) in [5.74, 6) is 1.04. The van der Waals surface area contributed by atoms with Gasteiger partial charge in [-0.1, -0.05) is 37.6 Å². The van der Waals surface area contributed by atoms with Crippen LogP contribution in [0.3, 0.4) is 0 Å². The quantitative estimate of drug-likeness (QED) is 0.139. The number of hydrogen-bond donors (Lipinski definition) is 4. The summed E-state index contributed by atoms with van der Waals surface area (Å²) >= 11 is 0. The monoisotopic (exact) mass is 694 g/mol. The maximum atomic E-state index is 15.8. The highest BCUT2D eigenvalue weighted by Crippen LogP contribution is 2.48. The van der Waals surface area contributed by atoms with Crippen LogP contribution in [0, 0.1) is 11.7 Å². The molecule has 266 valence electrons. The highest BCUT2D eigenvalue weighted by molar-refractivity contribution is 6.05. The molecule has 2 aromatic heterocycles. The average Bonchev–Trinajstić information content (AvgIpc) is 3.85. The molecule has 1 aliphatic carbocycles. The van der Waals surface area contributed by atoms with Gasteiger partial charge in [0.2, 0.25) is 11.8 Å². The first kappa shape index (κ1) is 34.2. The number of alkyl carbamates (subject to hydrolysis) is 1. The lowest BCUT2D eigenvalue weighted by Crippen LogP contribution is -2.43. The number of imidazole rings is 2. The third-order valence-corrected chi connectivity index (χ3v) is 10.2. The van der Waals surface area contributed by atoms with Crippen molar-refractivity contribution in [2.45, 2.75) is 57.7 Å². The van der Waals surface area contributed by atoms with Crippen LogP contribution in [0.25, 0.3) is 44.2 Å². The number of H-pyrrole nitrogens is 2. The third-order valence-electron chi connectivity index (χ3n) is 10.2. The second-order valence-electron chi connectivity index (χ2n) is 13.5. The van der Waals surface area contributed by atoms with E-state index in [0.717, 1.165) is 70.9 Å². The number of fused-ring (bicyclic) bond motifs is 5. The molecule has 1 saturated carbocycles. The number of aromatic nitrogens is 4. The van der Waals surface area contributed by atoms with Crippen LogP contribution in [0.5, 0.6) is 0 Å². The molecule has 1 saturated heterocycles. The van der Waals surface area contributed by atoms with Gasteiger partial charge in [-0.25, -0.2) is 19.2 Å². The van der Waals surface area contributed by atoms with E-state index < -0.39 is 6.09 Å². The Bertz CT molecular complexity index is 2090. The number of amides is 3. The molecule has 3 heterocycles. The molecule has 0 spiro atoms. The first-order chi connectivity index (χ1) is 24.8. The first-order valence-corrected chi connectivity index (χ1v) is 17.6. The zero-order valence-electron chi connectivity index (χ0n) is 29.1. The SMILES string of the molecule is CCCN(Cc1nc2c(ccc3cc(-c4ccc(-c5cnc([C@@H]6[C@H]7CCC[C@H](C7)N6C(=O)CNC(=O)OC)[nH]5)c(F)c4)ccc32)[nH]1)C(=O)CNC. The number of carbonyl (C=O) groups excluding carboxylic acids is 3. The Kier molecular flexibility index (Phi) is 9.72. The van der Waals surface area contributed by atoms with Crippen molar-refractivity contribution in [1.82, 2.24) is 40.4 Å². The number of benzene rings is 3. The number of hydrogen-bond acceptors (Lipinski definition) is 7. The average molecular weight is 695 g/mol. The van der Waals surface area contributed by atoms with Crippen LogP contribution in [0.15, 0.2) is 54.7 Å². The van der Waals surface area contributed by atoms with Crippen LogP contribution in [-0.2, 0) is 20.9 Å². The molecule has 3 aromatic carbocycles. The van der Waals surface area contributed by atoms with Crippen LogP contribution >= 0.6 is 0 Å². The van der Waals surface area contributed by atoms with Gasteiger partial charge in [0.15, 0.2) is 0 Å². The van der Waals surface area contributed by atoms with E-state index in [9.17, 15) is 14.4 Å². The Morgan fingerprint density at radius 2 is 1.88 bits per heavy atom. The Hall–Kier alpha value is -5.30. The Morgan fingerprint density at radius 1 is 1.06 bits per heavy atom. The summed E-state index contributed by atoms with van der Waals surface area (Å²) in [6.07, 6.45) is 5.60. The predicted octanol–water partition coefficient (Wildman–Crippen LogP) is 5.67. The molecule has 7 rings (SSSR count). The fourth-order valence-corrected chi connectivity index (χ4v) is 7.87. The van der Waals surface area contributed by atoms with Gasteiger partial charge in [0.25, 0.3) is 0 Å². The highest BCUT2D eigenvalue weighted by atomic mass is 19.1. The summed E-state index contributed by atoms with van der Waals surface area (Å²) in [5.41, 5.74) is 4.25. The lowest BCUT2D eigenvalue weighted by molar-refractivity contribution is -0.133. The number of likely N-dealkylation sites (N-methyl/N-ethyl adjacent to an activating group) is 1. The van der Waals surface area contributed by atoms with E-state index in [1.54, 1.807) is 24.2 Å². The minimum atomic E-state index is -0.654. The van der Waals surface area contributed by atoms with Gasteiger partial charge < -0.3 is 35.1 Å². The molecule has 5 aromatic rings. The van der Waals surface area contributed by atoms with Crippen molar-refractivity contribution in [3.05, 3.63) is 72.2 Å². The van der Waals surface area contributed by atoms with Crippen molar-refractivity contribution in [3.8, 4) is 22.4 Å². The zero-order valence-corrected chi connectivity index (χ0v) is 29.1. The number of ether oxygens (including phenoxy) is 1.